The molecule has 0 saturated heterocycles. The molecule has 4 heterocycles. The zero-order valence-corrected chi connectivity index (χ0v) is 14.5. The molecule has 5 rings (SSSR count). The van der Waals surface area contributed by atoms with Crippen LogP contribution in [0.1, 0.15) is 6.42 Å². The normalized spacial score (nSPS) is 18.9. The number of fused-ring (bicyclic) bond motifs is 2. The van der Waals surface area contributed by atoms with E-state index < -0.39 is 17.9 Å². The summed E-state index contributed by atoms with van der Waals surface area (Å²) in [6, 6.07) is 5.24. The molecule has 1 aliphatic carbocycles. The van der Waals surface area contributed by atoms with Gasteiger partial charge >= 0.3 is 0 Å². The van der Waals surface area contributed by atoms with Crippen LogP contribution in [-0.2, 0) is 4.79 Å². The number of aromatic nitrogens is 4. The first-order valence-electron chi connectivity index (χ1n) is 8.27. The standard InChI is InChI=1S/C18H12ClF2N5O/c19-16-11(6-22-17-15(16)13(21)7-23-17)8-1-2-26-9(3-8)4-14(25-26)24-18(27)10-5-12(10)20/h1-4,6-7,10,12H,5H2,(H,22,23)(H,24,25,27)/t10-,12+/m1/s1. The third kappa shape index (κ3) is 2.64. The maximum absolute atomic E-state index is 13.9. The number of carbonyl (C=O) groups excluding carboxylic acids is 1. The van der Waals surface area contributed by atoms with Gasteiger partial charge in [0.25, 0.3) is 0 Å². The van der Waals surface area contributed by atoms with E-state index >= 15 is 0 Å². The molecule has 0 aliphatic heterocycles. The fraction of sp³-hybridized carbons (Fsp3) is 0.167. The maximum Gasteiger partial charge on any atom is 0.231 e. The van der Waals surface area contributed by atoms with Crippen LogP contribution in [0.15, 0.2) is 36.8 Å². The summed E-state index contributed by atoms with van der Waals surface area (Å²) < 4.78 is 28.5. The van der Waals surface area contributed by atoms with E-state index in [2.05, 4.69) is 20.4 Å². The van der Waals surface area contributed by atoms with Crippen LogP contribution in [0.3, 0.4) is 0 Å². The molecule has 1 saturated carbocycles. The van der Waals surface area contributed by atoms with E-state index in [1.165, 1.54) is 6.20 Å². The summed E-state index contributed by atoms with van der Waals surface area (Å²) in [6.45, 7) is 0. The minimum absolute atomic E-state index is 0.237. The van der Waals surface area contributed by atoms with Crippen LogP contribution in [0.4, 0.5) is 14.6 Å². The Morgan fingerprint density at radius 2 is 2.22 bits per heavy atom. The fourth-order valence-corrected chi connectivity index (χ4v) is 3.44. The number of hydrogen-bond donors (Lipinski definition) is 2. The lowest BCUT2D eigenvalue weighted by Crippen LogP contribution is -2.15. The van der Waals surface area contributed by atoms with Crippen molar-refractivity contribution >= 4 is 39.9 Å². The Labute approximate surface area is 156 Å². The lowest BCUT2D eigenvalue weighted by atomic mass is 10.1. The molecular weight excluding hydrogens is 376 g/mol. The average molecular weight is 388 g/mol. The van der Waals surface area contributed by atoms with Gasteiger partial charge in [-0.25, -0.2) is 18.3 Å². The molecule has 136 valence electrons. The SMILES string of the molecule is O=C(Nc1cc2cc(-c3cnc4[nH]cc(F)c4c3Cl)ccn2n1)[C@@H]1C[C@@H]1F. The van der Waals surface area contributed by atoms with Crippen molar-refractivity contribution < 1.29 is 13.6 Å². The first-order valence-corrected chi connectivity index (χ1v) is 8.65. The molecule has 4 aromatic rings. The highest BCUT2D eigenvalue weighted by atomic mass is 35.5. The third-order valence-electron chi connectivity index (χ3n) is 4.66. The van der Waals surface area contributed by atoms with Crippen molar-refractivity contribution in [2.75, 3.05) is 5.32 Å². The Balaban J connectivity index is 1.52. The summed E-state index contributed by atoms with van der Waals surface area (Å²) in [6.07, 6.45) is 3.67. The van der Waals surface area contributed by atoms with E-state index in [4.69, 9.17) is 11.6 Å². The van der Waals surface area contributed by atoms with Crippen LogP contribution >= 0.6 is 11.6 Å². The van der Waals surface area contributed by atoms with E-state index in [1.807, 2.05) is 0 Å². The van der Waals surface area contributed by atoms with Crippen molar-refractivity contribution in [1.82, 2.24) is 19.6 Å². The van der Waals surface area contributed by atoms with Crippen molar-refractivity contribution in [2.45, 2.75) is 12.6 Å². The minimum atomic E-state index is -1.06. The predicted molar refractivity (Wildman–Crippen MR) is 96.9 cm³/mol. The summed E-state index contributed by atoms with van der Waals surface area (Å²) in [5.41, 5.74) is 2.38. The zero-order chi connectivity index (χ0) is 18.7. The Hall–Kier alpha value is -3.00. The number of amides is 1. The van der Waals surface area contributed by atoms with Gasteiger partial charge in [-0.15, -0.1) is 0 Å². The highest BCUT2D eigenvalue weighted by Gasteiger charge is 2.43. The number of hydrogen-bond acceptors (Lipinski definition) is 3. The highest BCUT2D eigenvalue weighted by molar-refractivity contribution is 6.38. The smallest absolute Gasteiger partial charge is 0.231 e. The van der Waals surface area contributed by atoms with Crippen molar-refractivity contribution in [3.63, 3.8) is 0 Å². The summed E-state index contributed by atoms with van der Waals surface area (Å²) in [5.74, 6) is -1.08. The van der Waals surface area contributed by atoms with E-state index in [1.54, 1.807) is 35.1 Å². The van der Waals surface area contributed by atoms with Crippen LogP contribution in [0, 0.1) is 11.7 Å². The second-order valence-corrected chi connectivity index (χ2v) is 6.89. The van der Waals surface area contributed by atoms with Crippen LogP contribution in [0.5, 0.6) is 0 Å². The Morgan fingerprint density at radius 1 is 1.41 bits per heavy atom. The molecule has 2 N–H and O–H groups in total. The molecule has 1 amide bonds. The topological polar surface area (TPSA) is 75.1 Å². The van der Waals surface area contributed by atoms with Crippen molar-refractivity contribution in [1.29, 1.82) is 0 Å². The molecular formula is C18H12ClF2N5O. The van der Waals surface area contributed by atoms with Gasteiger partial charge in [0.05, 0.1) is 21.8 Å². The quantitative estimate of drug-likeness (QED) is 0.558. The molecule has 9 heteroatoms. The number of carbonyl (C=O) groups is 1. The number of pyridine rings is 2. The van der Waals surface area contributed by atoms with Gasteiger partial charge in [-0.3, -0.25) is 4.79 Å². The van der Waals surface area contributed by atoms with Crippen LogP contribution in [0.25, 0.3) is 27.7 Å². The van der Waals surface area contributed by atoms with Gasteiger partial charge in [-0.05, 0) is 24.1 Å². The molecule has 2 atom stereocenters. The molecule has 0 unspecified atom stereocenters. The van der Waals surface area contributed by atoms with Crippen LogP contribution in [-0.4, -0.2) is 31.7 Å². The van der Waals surface area contributed by atoms with Gasteiger partial charge in [0.15, 0.2) is 11.6 Å². The van der Waals surface area contributed by atoms with Crippen molar-refractivity contribution in [2.24, 2.45) is 5.92 Å². The lowest BCUT2D eigenvalue weighted by molar-refractivity contribution is -0.117. The maximum atomic E-state index is 13.9. The highest BCUT2D eigenvalue weighted by Crippen LogP contribution is 2.36. The Kier molecular flexibility index (Phi) is 3.45. The number of H-pyrrole nitrogens is 1. The van der Waals surface area contributed by atoms with Gasteiger partial charge in [0, 0.05) is 30.2 Å². The molecule has 0 radical (unpaired) electrons. The number of halogens is 3. The molecule has 1 fully saturated rings. The molecule has 1 aliphatic rings. The van der Waals surface area contributed by atoms with Crippen LogP contribution < -0.4 is 5.32 Å². The average Bonchev–Trinajstić information content (AvgIpc) is 3.07. The largest absolute Gasteiger partial charge is 0.343 e. The number of nitrogens with one attached hydrogen (secondary N) is 2. The Morgan fingerprint density at radius 3 is 3.00 bits per heavy atom. The van der Waals surface area contributed by atoms with Crippen molar-refractivity contribution in [3.8, 4) is 11.1 Å². The summed E-state index contributed by atoms with van der Waals surface area (Å²) in [4.78, 5) is 18.8. The van der Waals surface area contributed by atoms with Gasteiger partial charge in [-0.2, -0.15) is 5.10 Å². The molecule has 0 bridgehead atoms. The fourth-order valence-electron chi connectivity index (χ4n) is 3.10. The number of alkyl halides is 1. The Bertz CT molecular complexity index is 1220. The van der Waals surface area contributed by atoms with E-state index in [9.17, 15) is 13.6 Å². The van der Waals surface area contributed by atoms with Gasteiger partial charge in [-0.1, -0.05) is 11.6 Å². The zero-order valence-electron chi connectivity index (χ0n) is 13.7. The predicted octanol–water partition coefficient (Wildman–Crippen LogP) is 3.97. The molecule has 4 aromatic heterocycles. The van der Waals surface area contributed by atoms with Crippen molar-refractivity contribution in [3.05, 3.63) is 47.6 Å². The molecule has 27 heavy (non-hydrogen) atoms. The minimum Gasteiger partial charge on any atom is -0.343 e. The van der Waals surface area contributed by atoms with Gasteiger partial charge in [0.1, 0.15) is 11.8 Å². The summed E-state index contributed by atoms with van der Waals surface area (Å²) in [7, 11) is 0. The summed E-state index contributed by atoms with van der Waals surface area (Å²) >= 11 is 6.39. The number of aromatic amines is 1. The second kappa shape index (κ2) is 5.75. The van der Waals surface area contributed by atoms with Gasteiger partial charge < -0.3 is 10.3 Å². The summed E-state index contributed by atoms with van der Waals surface area (Å²) in [5, 5.41) is 7.37. The number of rotatable bonds is 3. The number of anilines is 1. The van der Waals surface area contributed by atoms with Gasteiger partial charge in [0.2, 0.25) is 5.91 Å². The second-order valence-electron chi connectivity index (χ2n) is 6.51. The van der Waals surface area contributed by atoms with E-state index in [-0.39, 0.29) is 22.7 Å². The van der Waals surface area contributed by atoms with E-state index in [0.717, 1.165) is 5.56 Å². The molecule has 0 aromatic carbocycles. The lowest BCUT2D eigenvalue weighted by Gasteiger charge is -2.06. The van der Waals surface area contributed by atoms with Crippen LogP contribution in [0.2, 0.25) is 5.02 Å². The molecule has 0 spiro atoms. The molecule has 6 nitrogen and oxygen atoms in total. The third-order valence-corrected chi connectivity index (χ3v) is 5.06. The first-order chi connectivity index (χ1) is 13.0. The monoisotopic (exact) mass is 387 g/mol. The first kappa shape index (κ1) is 16.2. The van der Waals surface area contributed by atoms with E-state index in [0.29, 0.717) is 22.5 Å². The number of nitrogens with zero attached hydrogens (tertiary/aromatic N) is 3.